The van der Waals surface area contributed by atoms with E-state index in [1.165, 1.54) is 23.5 Å². The molecule has 1 heterocycles. The summed E-state index contributed by atoms with van der Waals surface area (Å²) in [6.07, 6.45) is 2.34. The lowest BCUT2D eigenvalue weighted by Gasteiger charge is -2.28. The third-order valence-corrected chi connectivity index (χ3v) is 4.49. The highest BCUT2D eigenvalue weighted by Crippen LogP contribution is 2.25. The Balaban J connectivity index is 2.76. The number of alkyl halides is 1. The zero-order valence-corrected chi connectivity index (χ0v) is 14.4. The first-order chi connectivity index (χ1) is 8.92. The van der Waals surface area contributed by atoms with Crippen LogP contribution >= 0.6 is 22.9 Å². The highest BCUT2D eigenvalue weighted by molar-refractivity contribution is 7.09. The number of thiazole rings is 1. The molecule has 0 bridgehead atoms. The molecule has 0 N–H and O–H groups in total. The van der Waals surface area contributed by atoms with Crippen molar-refractivity contribution in [1.29, 1.82) is 0 Å². The minimum atomic E-state index is 0.140. The summed E-state index contributed by atoms with van der Waals surface area (Å²) in [5.74, 6) is 0.688. The smallest absolute Gasteiger partial charge is 0.107 e. The van der Waals surface area contributed by atoms with E-state index in [-0.39, 0.29) is 5.41 Å². The predicted octanol–water partition coefficient (Wildman–Crippen LogP) is 4.67. The lowest BCUT2D eigenvalue weighted by molar-refractivity contribution is 0.188. The molecule has 0 spiro atoms. The van der Waals surface area contributed by atoms with Gasteiger partial charge in [0.05, 0.1) is 12.2 Å². The van der Waals surface area contributed by atoms with Gasteiger partial charge in [-0.1, -0.05) is 34.6 Å². The molecule has 110 valence electrons. The molecule has 0 atom stereocenters. The van der Waals surface area contributed by atoms with E-state index >= 15 is 0 Å². The van der Waals surface area contributed by atoms with Gasteiger partial charge in [0.15, 0.2) is 0 Å². The molecule has 2 nitrogen and oxygen atoms in total. The third-order valence-electron chi connectivity index (χ3n) is 3.49. The van der Waals surface area contributed by atoms with E-state index in [9.17, 15) is 0 Å². The van der Waals surface area contributed by atoms with Crippen LogP contribution in [-0.2, 0) is 12.0 Å². The number of hydrogen-bond donors (Lipinski definition) is 0. The van der Waals surface area contributed by atoms with E-state index in [1.54, 1.807) is 11.3 Å². The summed E-state index contributed by atoms with van der Waals surface area (Å²) in [6, 6.07) is 0.612. The Labute approximate surface area is 127 Å². The molecule has 0 aliphatic rings. The lowest BCUT2D eigenvalue weighted by Crippen LogP contribution is -2.35. The van der Waals surface area contributed by atoms with Gasteiger partial charge in [0, 0.05) is 29.3 Å². The molecule has 0 saturated carbocycles. The first-order valence-corrected chi connectivity index (χ1v) is 8.58. The van der Waals surface area contributed by atoms with Crippen LogP contribution in [0.4, 0.5) is 0 Å². The van der Waals surface area contributed by atoms with E-state index in [2.05, 4.69) is 44.9 Å². The summed E-state index contributed by atoms with van der Waals surface area (Å²) in [4.78, 5) is 7.26. The Morgan fingerprint density at radius 2 is 1.95 bits per heavy atom. The fraction of sp³-hybridized carbons (Fsp3) is 0.800. The number of aromatic nitrogens is 1. The van der Waals surface area contributed by atoms with Gasteiger partial charge >= 0.3 is 0 Å². The van der Waals surface area contributed by atoms with Crippen molar-refractivity contribution >= 4 is 22.9 Å². The average Bonchev–Trinajstić information content (AvgIpc) is 2.79. The minimum absolute atomic E-state index is 0.140. The number of halogens is 1. The van der Waals surface area contributed by atoms with E-state index in [4.69, 9.17) is 16.6 Å². The van der Waals surface area contributed by atoms with Crippen molar-refractivity contribution in [3.8, 4) is 0 Å². The highest BCUT2D eigenvalue weighted by Gasteiger charge is 2.20. The molecule has 0 aromatic carbocycles. The van der Waals surface area contributed by atoms with Gasteiger partial charge in [-0.3, -0.25) is 4.90 Å². The minimum Gasteiger partial charge on any atom is -0.293 e. The van der Waals surface area contributed by atoms with Crippen LogP contribution in [0.2, 0.25) is 0 Å². The largest absolute Gasteiger partial charge is 0.293 e. The molecule has 4 heteroatoms. The maximum absolute atomic E-state index is 5.94. The Morgan fingerprint density at radius 3 is 2.37 bits per heavy atom. The van der Waals surface area contributed by atoms with E-state index in [0.29, 0.717) is 11.9 Å². The second-order valence-corrected chi connectivity index (χ2v) is 7.33. The Hall–Kier alpha value is -0.120. The van der Waals surface area contributed by atoms with Crippen molar-refractivity contribution in [2.75, 3.05) is 12.4 Å². The first-order valence-electron chi connectivity index (χ1n) is 7.17. The Kier molecular flexibility index (Phi) is 6.78. The van der Waals surface area contributed by atoms with Crippen LogP contribution in [-0.4, -0.2) is 28.4 Å². The maximum Gasteiger partial charge on any atom is 0.107 e. The predicted molar refractivity (Wildman–Crippen MR) is 86.3 cm³/mol. The lowest BCUT2D eigenvalue weighted by atomic mass is 9.93. The number of nitrogens with zero attached hydrogens (tertiary/aromatic N) is 2. The zero-order chi connectivity index (χ0) is 14.5. The van der Waals surface area contributed by atoms with Crippen LogP contribution in [0.1, 0.15) is 58.2 Å². The van der Waals surface area contributed by atoms with Gasteiger partial charge in [-0.15, -0.1) is 22.9 Å². The molecule has 0 unspecified atom stereocenters. The van der Waals surface area contributed by atoms with Crippen LogP contribution in [0.3, 0.4) is 0 Å². The maximum atomic E-state index is 5.94. The van der Waals surface area contributed by atoms with Crippen LogP contribution in [0.5, 0.6) is 0 Å². The summed E-state index contributed by atoms with van der Waals surface area (Å²) >= 11 is 7.71. The second kappa shape index (κ2) is 7.61. The summed E-state index contributed by atoms with van der Waals surface area (Å²) in [7, 11) is 0. The molecule has 1 rings (SSSR count). The number of rotatable bonds is 7. The topological polar surface area (TPSA) is 16.1 Å². The molecule has 0 aliphatic carbocycles. The summed E-state index contributed by atoms with van der Waals surface area (Å²) < 4.78 is 0. The summed E-state index contributed by atoms with van der Waals surface area (Å²) in [5.41, 5.74) is 1.34. The molecule has 1 aromatic heterocycles. The average molecular weight is 303 g/mol. The van der Waals surface area contributed by atoms with Crippen molar-refractivity contribution in [2.24, 2.45) is 0 Å². The van der Waals surface area contributed by atoms with Crippen molar-refractivity contribution in [2.45, 2.75) is 65.5 Å². The molecule has 0 fully saturated rings. The van der Waals surface area contributed by atoms with Crippen LogP contribution in [0, 0.1) is 0 Å². The van der Waals surface area contributed by atoms with Gasteiger partial charge in [-0.2, -0.15) is 0 Å². The van der Waals surface area contributed by atoms with Gasteiger partial charge in [-0.05, 0) is 12.8 Å². The normalized spacial score (nSPS) is 12.6. The highest BCUT2D eigenvalue weighted by atomic mass is 35.5. The zero-order valence-electron chi connectivity index (χ0n) is 12.9. The van der Waals surface area contributed by atoms with Crippen molar-refractivity contribution in [3.63, 3.8) is 0 Å². The van der Waals surface area contributed by atoms with Crippen LogP contribution in [0.15, 0.2) is 5.38 Å². The van der Waals surface area contributed by atoms with Crippen molar-refractivity contribution < 1.29 is 0 Å². The van der Waals surface area contributed by atoms with E-state index in [0.717, 1.165) is 13.1 Å². The summed E-state index contributed by atoms with van der Waals surface area (Å²) in [6.45, 7) is 13.0. The standard InChI is InChI=1S/C15H27ClN2S/c1-6-12(7-2)18(9-8-16)10-14-17-13(11-19-14)15(3,4)5/h11-12H,6-10H2,1-5H3. The fourth-order valence-electron chi connectivity index (χ4n) is 2.21. The molecule has 1 aromatic rings. The summed E-state index contributed by atoms with van der Waals surface area (Å²) in [5, 5.41) is 3.41. The molecular weight excluding hydrogens is 276 g/mol. The monoisotopic (exact) mass is 302 g/mol. The quantitative estimate of drug-likeness (QED) is 0.680. The number of hydrogen-bond acceptors (Lipinski definition) is 3. The van der Waals surface area contributed by atoms with Gasteiger partial charge in [0.2, 0.25) is 0 Å². The third kappa shape index (κ3) is 5.05. The Bertz CT molecular complexity index is 366. The van der Waals surface area contributed by atoms with Gasteiger partial charge in [-0.25, -0.2) is 4.98 Å². The van der Waals surface area contributed by atoms with Crippen molar-refractivity contribution in [1.82, 2.24) is 9.88 Å². The molecule has 19 heavy (non-hydrogen) atoms. The first kappa shape index (κ1) is 16.9. The van der Waals surface area contributed by atoms with Crippen LogP contribution in [0.25, 0.3) is 0 Å². The van der Waals surface area contributed by atoms with Gasteiger partial charge < -0.3 is 0 Å². The van der Waals surface area contributed by atoms with Gasteiger partial charge in [0.1, 0.15) is 5.01 Å². The van der Waals surface area contributed by atoms with E-state index < -0.39 is 0 Å². The second-order valence-electron chi connectivity index (χ2n) is 6.01. The van der Waals surface area contributed by atoms with Crippen molar-refractivity contribution in [3.05, 3.63) is 16.1 Å². The molecular formula is C15H27ClN2S. The molecule has 0 amide bonds. The van der Waals surface area contributed by atoms with Crippen LogP contribution < -0.4 is 0 Å². The van der Waals surface area contributed by atoms with E-state index in [1.807, 2.05) is 0 Å². The SMILES string of the molecule is CCC(CC)N(CCCl)Cc1nc(C(C)(C)C)cs1. The molecule has 0 radical (unpaired) electrons. The Morgan fingerprint density at radius 1 is 1.32 bits per heavy atom. The van der Waals surface area contributed by atoms with Gasteiger partial charge in [0.25, 0.3) is 0 Å². The fourth-order valence-corrected chi connectivity index (χ4v) is 3.47. The molecule has 0 aliphatic heterocycles. The molecule has 0 saturated heterocycles.